The molecule has 2 aliphatic carbocycles. The van der Waals surface area contributed by atoms with Crippen LogP contribution >= 0.6 is 12.2 Å². The molecule has 0 amide bonds. The van der Waals surface area contributed by atoms with E-state index < -0.39 is 11.7 Å². The summed E-state index contributed by atoms with van der Waals surface area (Å²) >= 11 is 5.23. The molecular formula is C23H25F3N4S. The average molecular weight is 447 g/mol. The van der Waals surface area contributed by atoms with Crippen molar-refractivity contribution in [3.8, 4) is 0 Å². The number of aromatic nitrogens is 1. The number of rotatable bonds is 5. The minimum absolute atomic E-state index is 0.00660. The van der Waals surface area contributed by atoms with E-state index in [0.717, 1.165) is 16.7 Å². The Bertz CT molecular complexity index is 961. The lowest BCUT2D eigenvalue weighted by Crippen LogP contribution is -2.32. The maximum atomic E-state index is 12.9. The molecule has 2 aliphatic rings. The number of nitrogens with one attached hydrogen (secondary N) is 2. The summed E-state index contributed by atoms with van der Waals surface area (Å²) in [5.74, 6) is -0.180. The van der Waals surface area contributed by atoms with Crippen molar-refractivity contribution in [1.29, 1.82) is 0 Å². The monoisotopic (exact) mass is 446 g/mol. The number of thiocarbonyl (C=S) groups is 1. The Balaban J connectivity index is 1.54. The van der Waals surface area contributed by atoms with Crippen LogP contribution in [-0.2, 0) is 6.54 Å². The fourth-order valence-corrected chi connectivity index (χ4v) is 3.60. The van der Waals surface area contributed by atoms with Gasteiger partial charge in [-0.05, 0) is 53.8 Å². The second-order valence-corrected chi connectivity index (χ2v) is 8.44. The zero-order chi connectivity index (χ0) is 22.5. The zero-order valence-corrected chi connectivity index (χ0v) is 18.2. The van der Waals surface area contributed by atoms with Crippen LogP contribution in [0.1, 0.15) is 32.3 Å². The summed E-state index contributed by atoms with van der Waals surface area (Å²) in [6.07, 6.45) is 10.5. The Hall–Kier alpha value is -2.74. The average Bonchev–Trinajstić information content (AvgIpc) is 2.73. The van der Waals surface area contributed by atoms with Gasteiger partial charge < -0.3 is 5.32 Å². The number of hydrogen-bond acceptors (Lipinski definition) is 3. The van der Waals surface area contributed by atoms with E-state index in [4.69, 9.17) is 12.2 Å². The fourth-order valence-electron chi connectivity index (χ4n) is 3.47. The molecule has 164 valence electrons. The molecule has 0 spiro atoms. The number of allylic oxidation sites excluding steroid dienone is 8. The standard InChI is InChI=1S/C23H25F3N4S/c1-16-12-19(23(24,25)26)5-6-20(16)18-7-9-22(2,10-8-18)15-29-30-21(31)28-14-17-4-3-11-27-13-17/h3-9,11,13,15-16H,10,12,14H2,1-2H3,(H2,28,30,31)/b29-15+. The first-order valence-electron chi connectivity index (χ1n) is 10.0. The summed E-state index contributed by atoms with van der Waals surface area (Å²) in [6, 6.07) is 3.81. The van der Waals surface area contributed by atoms with Crippen LogP contribution < -0.4 is 10.7 Å². The van der Waals surface area contributed by atoms with Crippen molar-refractivity contribution in [3.63, 3.8) is 0 Å². The van der Waals surface area contributed by atoms with Gasteiger partial charge in [0.15, 0.2) is 5.11 Å². The van der Waals surface area contributed by atoms with Gasteiger partial charge in [0.2, 0.25) is 0 Å². The Labute approximate surface area is 185 Å². The van der Waals surface area contributed by atoms with Gasteiger partial charge >= 0.3 is 6.18 Å². The van der Waals surface area contributed by atoms with Gasteiger partial charge in [0.25, 0.3) is 0 Å². The predicted octanol–water partition coefficient (Wildman–Crippen LogP) is 5.38. The van der Waals surface area contributed by atoms with Gasteiger partial charge in [-0.25, -0.2) is 0 Å². The van der Waals surface area contributed by atoms with E-state index in [-0.39, 0.29) is 17.8 Å². The number of halogens is 3. The molecule has 31 heavy (non-hydrogen) atoms. The van der Waals surface area contributed by atoms with Gasteiger partial charge in [0.1, 0.15) is 0 Å². The summed E-state index contributed by atoms with van der Waals surface area (Å²) in [6.45, 7) is 4.42. The third-order valence-electron chi connectivity index (χ3n) is 5.33. The summed E-state index contributed by atoms with van der Waals surface area (Å²) in [4.78, 5) is 4.05. The predicted molar refractivity (Wildman–Crippen MR) is 121 cm³/mol. The van der Waals surface area contributed by atoms with E-state index in [1.54, 1.807) is 24.7 Å². The Morgan fingerprint density at radius 2 is 2.19 bits per heavy atom. The van der Waals surface area contributed by atoms with Crippen molar-refractivity contribution >= 4 is 23.5 Å². The smallest absolute Gasteiger partial charge is 0.357 e. The van der Waals surface area contributed by atoms with Crippen molar-refractivity contribution in [3.05, 3.63) is 77.2 Å². The molecule has 0 aromatic carbocycles. The highest BCUT2D eigenvalue weighted by Crippen LogP contribution is 2.40. The van der Waals surface area contributed by atoms with Crippen molar-refractivity contribution in [2.45, 2.75) is 39.4 Å². The molecule has 1 aromatic heterocycles. The maximum absolute atomic E-state index is 12.9. The highest BCUT2D eigenvalue weighted by atomic mass is 32.1. The molecule has 4 nitrogen and oxygen atoms in total. The molecule has 0 aliphatic heterocycles. The lowest BCUT2D eigenvalue weighted by molar-refractivity contribution is -0.0950. The van der Waals surface area contributed by atoms with Crippen LogP contribution in [0.15, 0.2) is 76.7 Å². The fraction of sp³-hybridized carbons (Fsp3) is 0.348. The van der Waals surface area contributed by atoms with Crippen molar-refractivity contribution in [2.75, 3.05) is 0 Å². The lowest BCUT2D eigenvalue weighted by atomic mass is 9.77. The van der Waals surface area contributed by atoms with Crippen molar-refractivity contribution in [2.24, 2.45) is 16.4 Å². The number of alkyl halides is 3. The molecule has 0 bridgehead atoms. The Morgan fingerprint density at radius 3 is 2.81 bits per heavy atom. The Kier molecular flexibility index (Phi) is 7.10. The SMILES string of the molecule is CC1CC(C(F)(F)F)=CC=C1C1=CCC(C)(/C=N/NC(=S)NCc2cccnc2)C=C1. The molecule has 8 heteroatoms. The number of nitrogens with zero attached hydrogens (tertiary/aromatic N) is 2. The second kappa shape index (κ2) is 9.60. The van der Waals surface area contributed by atoms with Gasteiger partial charge in [0.05, 0.1) is 0 Å². The first kappa shape index (κ1) is 22.9. The van der Waals surface area contributed by atoms with Crippen LogP contribution in [0.2, 0.25) is 0 Å². The van der Waals surface area contributed by atoms with Gasteiger partial charge in [0, 0.05) is 36.1 Å². The molecule has 0 radical (unpaired) electrons. The lowest BCUT2D eigenvalue weighted by Gasteiger charge is -2.28. The second-order valence-electron chi connectivity index (χ2n) is 8.03. The van der Waals surface area contributed by atoms with Gasteiger partial charge in [-0.3, -0.25) is 10.4 Å². The molecule has 1 aromatic rings. The van der Waals surface area contributed by atoms with E-state index >= 15 is 0 Å². The van der Waals surface area contributed by atoms with Crippen LogP contribution in [0.5, 0.6) is 0 Å². The van der Waals surface area contributed by atoms with Crippen LogP contribution in [0.25, 0.3) is 0 Å². The minimum Gasteiger partial charge on any atom is -0.357 e. The van der Waals surface area contributed by atoms with E-state index in [9.17, 15) is 13.2 Å². The molecule has 0 saturated carbocycles. The number of hydrazone groups is 1. The summed E-state index contributed by atoms with van der Waals surface area (Å²) in [7, 11) is 0. The number of hydrogen-bond donors (Lipinski definition) is 2. The molecule has 0 saturated heterocycles. The van der Waals surface area contributed by atoms with E-state index in [2.05, 4.69) is 26.9 Å². The highest BCUT2D eigenvalue weighted by molar-refractivity contribution is 7.80. The van der Waals surface area contributed by atoms with Crippen LogP contribution in [0.4, 0.5) is 13.2 Å². The summed E-state index contributed by atoms with van der Waals surface area (Å²) < 4.78 is 38.8. The first-order chi connectivity index (χ1) is 14.7. The summed E-state index contributed by atoms with van der Waals surface area (Å²) in [5, 5.41) is 7.72. The van der Waals surface area contributed by atoms with Crippen molar-refractivity contribution in [1.82, 2.24) is 15.7 Å². The van der Waals surface area contributed by atoms with Gasteiger partial charge in [-0.15, -0.1) is 0 Å². The molecule has 3 rings (SSSR count). The molecule has 2 unspecified atom stereocenters. The molecule has 2 atom stereocenters. The highest BCUT2D eigenvalue weighted by Gasteiger charge is 2.36. The topological polar surface area (TPSA) is 49.3 Å². The number of pyridine rings is 1. The van der Waals surface area contributed by atoms with E-state index in [1.165, 1.54) is 6.08 Å². The van der Waals surface area contributed by atoms with Crippen molar-refractivity contribution < 1.29 is 13.2 Å². The molecule has 1 heterocycles. The molecular weight excluding hydrogens is 421 g/mol. The zero-order valence-electron chi connectivity index (χ0n) is 17.4. The van der Waals surface area contributed by atoms with Crippen LogP contribution in [0, 0.1) is 11.3 Å². The molecule has 0 fully saturated rings. The van der Waals surface area contributed by atoms with Gasteiger partial charge in [-0.2, -0.15) is 18.3 Å². The van der Waals surface area contributed by atoms with E-state index in [1.807, 2.05) is 38.1 Å². The normalized spacial score (nSPS) is 23.8. The van der Waals surface area contributed by atoms with Gasteiger partial charge in [-0.1, -0.05) is 50.3 Å². The van der Waals surface area contributed by atoms with Crippen LogP contribution in [0.3, 0.4) is 0 Å². The van der Waals surface area contributed by atoms with E-state index in [0.29, 0.717) is 18.1 Å². The third kappa shape index (κ3) is 6.37. The van der Waals surface area contributed by atoms with Crippen LogP contribution in [-0.4, -0.2) is 22.5 Å². The quantitative estimate of drug-likeness (QED) is 0.362. The summed E-state index contributed by atoms with van der Waals surface area (Å²) in [5.41, 5.74) is 4.95. The maximum Gasteiger partial charge on any atom is 0.412 e. The Morgan fingerprint density at radius 1 is 1.39 bits per heavy atom. The first-order valence-corrected chi connectivity index (χ1v) is 10.4. The minimum atomic E-state index is -4.26. The third-order valence-corrected chi connectivity index (χ3v) is 5.56. The largest absolute Gasteiger partial charge is 0.412 e. The molecule has 2 N–H and O–H groups in total.